The van der Waals surface area contributed by atoms with Gasteiger partial charge in [-0.25, -0.2) is 14.8 Å². The molecule has 25 heavy (non-hydrogen) atoms. The Morgan fingerprint density at radius 3 is 2.80 bits per heavy atom. The lowest BCUT2D eigenvalue weighted by molar-refractivity contribution is 0.0252. The topological polar surface area (TPSA) is 117 Å². The summed E-state index contributed by atoms with van der Waals surface area (Å²) >= 11 is 0. The van der Waals surface area contributed by atoms with E-state index in [4.69, 9.17) is 15.7 Å². The fourth-order valence-electron chi connectivity index (χ4n) is 2.67. The fourth-order valence-corrected chi connectivity index (χ4v) is 2.67. The van der Waals surface area contributed by atoms with E-state index in [1.165, 1.54) is 0 Å². The highest BCUT2D eigenvalue weighted by atomic mass is 16.6. The van der Waals surface area contributed by atoms with Crippen LogP contribution in [0.4, 0.5) is 10.6 Å². The molecule has 1 saturated heterocycles. The van der Waals surface area contributed by atoms with E-state index in [9.17, 15) is 4.79 Å². The molecule has 3 N–H and O–H groups in total. The second-order valence-corrected chi connectivity index (χ2v) is 7.05. The van der Waals surface area contributed by atoms with Gasteiger partial charge < -0.3 is 25.5 Å². The molecule has 0 saturated carbocycles. The van der Waals surface area contributed by atoms with E-state index in [-0.39, 0.29) is 23.8 Å². The first-order valence-electron chi connectivity index (χ1n) is 8.27. The average molecular weight is 350 g/mol. The van der Waals surface area contributed by atoms with E-state index in [1.807, 2.05) is 27.7 Å². The number of carbonyl (C=O) groups excluding carboxylic acids is 1. The molecule has 1 aliphatic heterocycles. The molecule has 0 radical (unpaired) electrons. The first kappa shape index (κ1) is 18.8. The van der Waals surface area contributed by atoms with E-state index in [0.717, 1.165) is 13.0 Å². The molecule has 9 heteroatoms. The molecule has 138 valence electrons. The monoisotopic (exact) mass is 350 g/mol. The van der Waals surface area contributed by atoms with Gasteiger partial charge in [0.05, 0.1) is 0 Å². The van der Waals surface area contributed by atoms with Crippen molar-refractivity contribution in [2.24, 2.45) is 10.9 Å². The maximum Gasteiger partial charge on any atom is 0.410 e. The molecule has 9 nitrogen and oxygen atoms in total. The fraction of sp³-hybridized carbons (Fsp3) is 0.625. The number of anilines is 1. The number of nitrogens with zero attached hydrogens (tertiary/aromatic N) is 5. The Labute approximate surface area is 147 Å². The van der Waals surface area contributed by atoms with E-state index in [0.29, 0.717) is 18.9 Å². The maximum absolute atomic E-state index is 12.3. The second kappa shape index (κ2) is 7.54. The van der Waals surface area contributed by atoms with Gasteiger partial charge in [0.2, 0.25) is 11.7 Å². The third-order valence-electron chi connectivity index (χ3n) is 3.77. The van der Waals surface area contributed by atoms with Crippen LogP contribution in [0.1, 0.15) is 39.9 Å². The lowest BCUT2D eigenvalue weighted by Gasteiger charge is -2.31. The van der Waals surface area contributed by atoms with Gasteiger partial charge in [0.1, 0.15) is 11.4 Å². The van der Waals surface area contributed by atoms with Gasteiger partial charge in [-0.15, -0.1) is 0 Å². The van der Waals surface area contributed by atoms with Crippen LogP contribution in [0.3, 0.4) is 0 Å². The summed E-state index contributed by atoms with van der Waals surface area (Å²) in [5.74, 6) is 0.704. The number of hydrogen-bond donors (Lipinski definition) is 2. The van der Waals surface area contributed by atoms with Crippen molar-refractivity contribution in [3.63, 3.8) is 0 Å². The molecular weight excluding hydrogens is 324 g/mol. The second-order valence-electron chi connectivity index (χ2n) is 7.05. The lowest BCUT2D eigenvalue weighted by Crippen LogP contribution is -2.43. The average Bonchev–Trinajstić information content (AvgIpc) is 2.74. The van der Waals surface area contributed by atoms with Crippen LogP contribution in [0.2, 0.25) is 0 Å². The largest absolute Gasteiger partial charge is 0.444 e. The standard InChI is InChI=1S/C16H26N6O3/c1-11-10-21(15(23)25-16(2,3)4)8-5-9-22(11)12-6-7-18-14(19-12)13(17)20-24/h6-7,11,24H,5,8-10H2,1-4H3,(H2,17,20)/t11-/m0/s1. The minimum absolute atomic E-state index is 0.0325. The molecular formula is C16H26N6O3. The number of carbonyl (C=O) groups is 1. The number of hydrogen-bond acceptors (Lipinski definition) is 7. The molecule has 0 unspecified atom stereocenters. The lowest BCUT2D eigenvalue weighted by atomic mass is 10.2. The highest BCUT2D eigenvalue weighted by Gasteiger charge is 2.28. The Bertz CT molecular complexity index is 643. The molecule has 0 aliphatic carbocycles. The van der Waals surface area contributed by atoms with Crippen LogP contribution in [0.15, 0.2) is 17.4 Å². The van der Waals surface area contributed by atoms with Crippen molar-refractivity contribution in [2.45, 2.75) is 45.8 Å². The molecule has 2 rings (SSSR count). The van der Waals surface area contributed by atoms with Crippen molar-refractivity contribution >= 4 is 17.7 Å². The van der Waals surface area contributed by atoms with Crippen molar-refractivity contribution < 1.29 is 14.7 Å². The highest BCUT2D eigenvalue weighted by molar-refractivity contribution is 5.93. The predicted octanol–water partition coefficient (Wildman–Crippen LogP) is 1.41. The quantitative estimate of drug-likeness (QED) is 0.358. The highest BCUT2D eigenvalue weighted by Crippen LogP contribution is 2.19. The number of amidine groups is 1. The maximum atomic E-state index is 12.3. The Kier molecular flexibility index (Phi) is 5.66. The molecule has 0 bridgehead atoms. The summed E-state index contributed by atoms with van der Waals surface area (Å²) < 4.78 is 5.47. The summed E-state index contributed by atoms with van der Waals surface area (Å²) in [7, 11) is 0. The van der Waals surface area contributed by atoms with E-state index in [1.54, 1.807) is 17.2 Å². The summed E-state index contributed by atoms with van der Waals surface area (Å²) in [6.45, 7) is 9.46. The summed E-state index contributed by atoms with van der Waals surface area (Å²) in [5, 5.41) is 11.7. The van der Waals surface area contributed by atoms with Crippen molar-refractivity contribution in [1.82, 2.24) is 14.9 Å². The van der Waals surface area contributed by atoms with E-state index < -0.39 is 5.60 Å². The van der Waals surface area contributed by atoms with Gasteiger partial charge in [-0.05, 0) is 40.2 Å². The smallest absolute Gasteiger partial charge is 0.410 e. The summed E-state index contributed by atoms with van der Waals surface area (Å²) in [6, 6.07) is 1.80. The van der Waals surface area contributed by atoms with Crippen molar-refractivity contribution in [3.05, 3.63) is 18.1 Å². The zero-order valence-electron chi connectivity index (χ0n) is 15.1. The van der Waals surface area contributed by atoms with Gasteiger partial charge in [-0.1, -0.05) is 5.16 Å². The first-order valence-corrected chi connectivity index (χ1v) is 8.27. The molecule has 1 amide bonds. The number of aromatic nitrogens is 2. The van der Waals surface area contributed by atoms with Gasteiger partial charge in [0.25, 0.3) is 0 Å². The summed E-state index contributed by atoms with van der Waals surface area (Å²) in [4.78, 5) is 24.5. The molecule has 1 fully saturated rings. The Balaban J connectivity index is 2.14. The number of rotatable bonds is 2. The predicted molar refractivity (Wildman–Crippen MR) is 93.8 cm³/mol. The van der Waals surface area contributed by atoms with Crippen LogP contribution < -0.4 is 10.6 Å². The SMILES string of the molecule is C[C@H]1CN(C(=O)OC(C)(C)C)CCCN1c1ccnc(/C(N)=N/O)n1. The van der Waals surface area contributed by atoms with Gasteiger partial charge in [-0.2, -0.15) is 0 Å². The van der Waals surface area contributed by atoms with Crippen LogP contribution >= 0.6 is 0 Å². The molecule has 1 aromatic heterocycles. The molecule has 0 spiro atoms. The van der Waals surface area contributed by atoms with E-state index in [2.05, 4.69) is 20.0 Å². The van der Waals surface area contributed by atoms with Gasteiger partial charge in [0.15, 0.2) is 0 Å². The summed E-state index contributed by atoms with van der Waals surface area (Å²) in [5.41, 5.74) is 5.05. The van der Waals surface area contributed by atoms with Gasteiger partial charge in [0, 0.05) is 31.9 Å². The van der Waals surface area contributed by atoms with Crippen molar-refractivity contribution in [1.29, 1.82) is 0 Å². The number of oxime groups is 1. The Hall–Kier alpha value is -2.58. The minimum Gasteiger partial charge on any atom is -0.444 e. The summed E-state index contributed by atoms with van der Waals surface area (Å²) in [6.07, 6.45) is 2.05. The Morgan fingerprint density at radius 1 is 1.44 bits per heavy atom. The molecule has 1 atom stereocenters. The first-order chi connectivity index (χ1) is 11.7. The third-order valence-corrected chi connectivity index (χ3v) is 3.77. The van der Waals surface area contributed by atoms with Crippen LogP contribution in [0.25, 0.3) is 0 Å². The van der Waals surface area contributed by atoms with Crippen LogP contribution in [-0.4, -0.2) is 63.3 Å². The van der Waals surface area contributed by atoms with E-state index >= 15 is 0 Å². The molecule has 2 heterocycles. The molecule has 1 aliphatic rings. The molecule has 0 aromatic carbocycles. The van der Waals surface area contributed by atoms with Crippen molar-refractivity contribution in [2.75, 3.05) is 24.5 Å². The zero-order valence-corrected chi connectivity index (χ0v) is 15.1. The number of amides is 1. The Morgan fingerprint density at radius 2 is 2.16 bits per heavy atom. The minimum atomic E-state index is -0.519. The zero-order chi connectivity index (χ0) is 18.6. The van der Waals surface area contributed by atoms with Crippen LogP contribution in [-0.2, 0) is 4.74 Å². The van der Waals surface area contributed by atoms with Gasteiger partial charge >= 0.3 is 6.09 Å². The van der Waals surface area contributed by atoms with Crippen LogP contribution in [0.5, 0.6) is 0 Å². The molecule has 1 aromatic rings. The van der Waals surface area contributed by atoms with Crippen LogP contribution in [0, 0.1) is 0 Å². The number of ether oxygens (including phenoxy) is 1. The van der Waals surface area contributed by atoms with Crippen molar-refractivity contribution in [3.8, 4) is 0 Å². The normalized spacial score (nSPS) is 19.5. The van der Waals surface area contributed by atoms with Gasteiger partial charge in [-0.3, -0.25) is 0 Å². The number of nitrogens with two attached hydrogens (primary N) is 1. The third kappa shape index (κ3) is 4.94.